The van der Waals surface area contributed by atoms with Crippen molar-refractivity contribution in [1.29, 1.82) is 0 Å². The Labute approximate surface area is 77.0 Å². The lowest BCUT2D eigenvalue weighted by Crippen LogP contribution is -2.31. The Bertz CT molecular complexity index is 176. The molecule has 0 aromatic heterocycles. The molecule has 0 saturated heterocycles. The van der Waals surface area contributed by atoms with Gasteiger partial charge < -0.3 is 10.5 Å². The van der Waals surface area contributed by atoms with Crippen LogP contribution in [0.5, 0.6) is 0 Å². The molecule has 0 saturated carbocycles. The molecule has 0 amide bonds. The predicted molar refractivity (Wildman–Crippen MR) is 50.8 cm³/mol. The fourth-order valence-corrected chi connectivity index (χ4v) is 1.29. The Kier molecular flexibility index (Phi) is 6.63. The zero-order valence-electron chi connectivity index (χ0n) is 7.08. The average molecular weight is 187 g/mol. The van der Waals surface area contributed by atoms with Crippen LogP contribution in [0.3, 0.4) is 0 Å². The molecule has 12 heavy (non-hydrogen) atoms. The number of carbonyl (C=O) groups is 1. The molecule has 3 nitrogen and oxygen atoms in total. The summed E-state index contributed by atoms with van der Waals surface area (Å²) in [6.45, 7) is 0. The summed E-state index contributed by atoms with van der Waals surface area (Å²) >= 11 is 1.59. The van der Waals surface area contributed by atoms with Crippen LogP contribution in [0, 0.1) is 12.3 Å². The van der Waals surface area contributed by atoms with Crippen LogP contribution >= 0.6 is 11.8 Å². The van der Waals surface area contributed by atoms with Crippen molar-refractivity contribution in [1.82, 2.24) is 0 Å². The molecule has 0 aliphatic rings. The smallest absolute Gasteiger partial charge is 0.322 e. The van der Waals surface area contributed by atoms with Crippen LogP contribution in [-0.2, 0) is 9.53 Å². The summed E-state index contributed by atoms with van der Waals surface area (Å²) in [6, 6.07) is -0.514. The number of esters is 1. The molecule has 1 atom stereocenters. The molecule has 68 valence electrons. The van der Waals surface area contributed by atoms with Gasteiger partial charge in [-0.15, -0.1) is 18.2 Å². The number of terminal acetylenes is 1. The Morgan fingerprint density at radius 3 is 3.00 bits per heavy atom. The molecule has 0 rings (SSSR count). The van der Waals surface area contributed by atoms with E-state index >= 15 is 0 Å². The van der Waals surface area contributed by atoms with Gasteiger partial charge in [-0.05, 0) is 12.2 Å². The van der Waals surface area contributed by atoms with Crippen LogP contribution in [0.25, 0.3) is 0 Å². The van der Waals surface area contributed by atoms with Gasteiger partial charge in [-0.2, -0.15) is 0 Å². The molecule has 0 fully saturated rings. The molecule has 2 N–H and O–H groups in total. The molecule has 0 spiro atoms. The van der Waals surface area contributed by atoms with Gasteiger partial charge >= 0.3 is 5.97 Å². The van der Waals surface area contributed by atoms with E-state index in [9.17, 15) is 4.79 Å². The third kappa shape index (κ3) is 5.05. The van der Waals surface area contributed by atoms with Crippen LogP contribution < -0.4 is 5.73 Å². The Balaban J connectivity index is 3.38. The van der Waals surface area contributed by atoms with Crippen molar-refractivity contribution < 1.29 is 9.53 Å². The topological polar surface area (TPSA) is 52.3 Å². The number of ether oxygens (including phenoxy) is 1. The van der Waals surface area contributed by atoms with Crippen molar-refractivity contribution in [2.45, 2.75) is 12.5 Å². The van der Waals surface area contributed by atoms with E-state index in [0.717, 1.165) is 5.75 Å². The molecule has 0 aliphatic heterocycles. The van der Waals surface area contributed by atoms with Gasteiger partial charge in [-0.3, -0.25) is 4.79 Å². The first-order chi connectivity index (χ1) is 5.72. The minimum Gasteiger partial charge on any atom is -0.468 e. The van der Waals surface area contributed by atoms with Gasteiger partial charge in [0, 0.05) is 0 Å². The molecule has 0 heterocycles. The highest BCUT2D eigenvalue weighted by Crippen LogP contribution is 2.03. The summed E-state index contributed by atoms with van der Waals surface area (Å²) in [6.07, 6.45) is 5.65. The number of thioether (sulfide) groups is 1. The first-order valence-electron chi connectivity index (χ1n) is 3.57. The van der Waals surface area contributed by atoms with Gasteiger partial charge in [-0.1, -0.05) is 5.92 Å². The average Bonchev–Trinajstić information content (AvgIpc) is 2.10. The van der Waals surface area contributed by atoms with E-state index in [0.29, 0.717) is 12.2 Å². The van der Waals surface area contributed by atoms with Gasteiger partial charge in [0.05, 0.1) is 12.9 Å². The second kappa shape index (κ2) is 7.01. The minimum atomic E-state index is -0.514. The zero-order valence-corrected chi connectivity index (χ0v) is 7.89. The van der Waals surface area contributed by atoms with E-state index in [-0.39, 0.29) is 5.97 Å². The lowest BCUT2D eigenvalue weighted by molar-refractivity contribution is -0.142. The fraction of sp³-hybridized carbons (Fsp3) is 0.625. The monoisotopic (exact) mass is 187 g/mol. The number of methoxy groups -OCH3 is 1. The number of hydrogen-bond donors (Lipinski definition) is 1. The summed E-state index contributed by atoms with van der Waals surface area (Å²) < 4.78 is 4.46. The van der Waals surface area contributed by atoms with Gasteiger partial charge in [0.2, 0.25) is 0 Å². The molecule has 0 aliphatic carbocycles. The normalized spacial score (nSPS) is 11.8. The van der Waals surface area contributed by atoms with Gasteiger partial charge in [0.15, 0.2) is 0 Å². The maximum absolute atomic E-state index is 10.8. The van der Waals surface area contributed by atoms with Gasteiger partial charge in [0.25, 0.3) is 0 Å². The lowest BCUT2D eigenvalue weighted by atomic mass is 10.2. The Hall–Kier alpha value is -0.660. The highest BCUT2D eigenvalue weighted by Gasteiger charge is 2.12. The maximum atomic E-state index is 10.8. The maximum Gasteiger partial charge on any atom is 0.322 e. The van der Waals surface area contributed by atoms with E-state index in [1.807, 2.05) is 0 Å². The first kappa shape index (κ1) is 11.3. The first-order valence-corrected chi connectivity index (χ1v) is 4.72. The third-order valence-corrected chi connectivity index (χ3v) is 2.16. The summed E-state index contributed by atoms with van der Waals surface area (Å²) in [5.41, 5.74) is 5.47. The van der Waals surface area contributed by atoms with Crippen molar-refractivity contribution in [3.8, 4) is 12.3 Å². The van der Waals surface area contributed by atoms with E-state index in [4.69, 9.17) is 12.2 Å². The van der Waals surface area contributed by atoms with Gasteiger partial charge in [0.1, 0.15) is 6.04 Å². The standard InChI is InChI=1S/C8H13NO2S/c1-3-5-12-6-4-7(9)8(10)11-2/h1,7H,4-6,9H2,2H3. The molecule has 0 aromatic rings. The number of nitrogens with two attached hydrogens (primary N) is 1. The molecule has 0 radical (unpaired) electrons. The van der Waals surface area contributed by atoms with E-state index < -0.39 is 6.04 Å². The number of rotatable bonds is 5. The minimum absolute atomic E-state index is 0.365. The molecular weight excluding hydrogens is 174 g/mol. The molecule has 0 aromatic carbocycles. The molecule has 0 bridgehead atoms. The Morgan fingerprint density at radius 1 is 1.83 bits per heavy atom. The van der Waals surface area contributed by atoms with E-state index in [1.54, 1.807) is 11.8 Å². The van der Waals surface area contributed by atoms with Crippen LogP contribution in [-0.4, -0.2) is 30.6 Å². The van der Waals surface area contributed by atoms with Crippen molar-refractivity contribution in [3.05, 3.63) is 0 Å². The van der Waals surface area contributed by atoms with Crippen molar-refractivity contribution in [2.24, 2.45) is 5.73 Å². The summed E-state index contributed by atoms with van der Waals surface area (Å²) in [4.78, 5) is 10.8. The van der Waals surface area contributed by atoms with Crippen molar-refractivity contribution >= 4 is 17.7 Å². The van der Waals surface area contributed by atoms with Crippen molar-refractivity contribution in [3.63, 3.8) is 0 Å². The third-order valence-electron chi connectivity index (χ3n) is 1.26. The zero-order chi connectivity index (χ0) is 9.40. The highest BCUT2D eigenvalue weighted by molar-refractivity contribution is 7.99. The number of hydrogen-bond acceptors (Lipinski definition) is 4. The quantitative estimate of drug-likeness (QED) is 0.380. The largest absolute Gasteiger partial charge is 0.468 e. The van der Waals surface area contributed by atoms with E-state index in [1.165, 1.54) is 7.11 Å². The summed E-state index contributed by atoms with van der Waals surface area (Å²) in [7, 11) is 1.33. The molecular formula is C8H13NO2S. The van der Waals surface area contributed by atoms with Gasteiger partial charge in [-0.25, -0.2) is 0 Å². The molecule has 4 heteroatoms. The van der Waals surface area contributed by atoms with Crippen LogP contribution in [0.2, 0.25) is 0 Å². The van der Waals surface area contributed by atoms with Crippen LogP contribution in [0.1, 0.15) is 6.42 Å². The van der Waals surface area contributed by atoms with Crippen LogP contribution in [0.4, 0.5) is 0 Å². The summed E-state index contributed by atoms with van der Waals surface area (Å²) in [5, 5.41) is 0. The SMILES string of the molecule is C#CCSCCC(N)C(=O)OC. The second-order valence-electron chi connectivity index (χ2n) is 2.18. The Morgan fingerprint density at radius 2 is 2.50 bits per heavy atom. The van der Waals surface area contributed by atoms with Crippen molar-refractivity contribution in [2.75, 3.05) is 18.6 Å². The van der Waals surface area contributed by atoms with E-state index in [2.05, 4.69) is 10.7 Å². The van der Waals surface area contributed by atoms with Crippen LogP contribution in [0.15, 0.2) is 0 Å². The summed E-state index contributed by atoms with van der Waals surface area (Å²) in [5.74, 6) is 3.58. The molecule has 1 unspecified atom stereocenters. The predicted octanol–water partition coefficient (Wildman–Crippen LogP) is 0.243. The highest BCUT2D eigenvalue weighted by atomic mass is 32.2. The fourth-order valence-electron chi connectivity index (χ4n) is 0.611. The number of carbonyl (C=O) groups excluding carboxylic acids is 1. The second-order valence-corrected chi connectivity index (χ2v) is 3.28. The lowest BCUT2D eigenvalue weighted by Gasteiger charge is -2.07.